The summed E-state index contributed by atoms with van der Waals surface area (Å²) in [5, 5.41) is 3.06. The van der Waals surface area contributed by atoms with Crippen molar-refractivity contribution >= 4 is 5.78 Å². The van der Waals surface area contributed by atoms with Gasteiger partial charge in [-0.25, -0.2) is 0 Å². The van der Waals surface area contributed by atoms with Crippen molar-refractivity contribution < 1.29 is 4.79 Å². The molecule has 0 aromatic rings. The fourth-order valence-electron chi connectivity index (χ4n) is 1.34. The molecule has 0 unspecified atom stereocenters. The zero-order chi connectivity index (χ0) is 7.68. The maximum atomic E-state index is 11.2. The van der Waals surface area contributed by atoms with Crippen molar-refractivity contribution in [2.75, 3.05) is 6.54 Å². The molecule has 0 spiro atoms. The first-order valence-electron chi connectivity index (χ1n) is 3.72. The van der Waals surface area contributed by atoms with Gasteiger partial charge in [0.15, 0.2) is 5.78 Å². The number of hydrogen-bond donors (Lipinski definition) is 1. The van der Waals surface area contributed by atoms with Gasteiger partial charge in [-0.1, -0.05) is 18.2 Å². The van der Waals surface area contributed by atoms with Gasteiger partial charge in [-0.2, -0.15) is 0 Å². The van der Waals surface area contributed by atoms with E-state index in [4.69, 9.17) is 0 Å². The molecule has 56 valence electrons. The fourth-order valence-corrected chi connectivity index (χ4v) is 1.34. The Labute approximate surface area is 65.3 Å². The molecule has 2 heteroatoms. The van der Waals surface area contributed by atoms with Crippen LogP contribution in [0.4, 0.5) is 0 Å². The maximum absolute atomic E-state index is 11.2. The molecule has 0 aromatic heterocycles. The van der Waals surface area contributed by atoms with E-state index >= 15 is 0 Å². The highest BCUT2D eigenvalue weighted by atomic mass is 16.1. The van der Waals surface area contributed by atoms with E-state index < -0.39 is 0 Å². The Hall–Kier alpha value is -1.31. The average molecular weight is 147 g/mol. The van der Waals surface area contributed by atoms with Gasteiger partial charge in [-0.15, -0.1) is 0 Å². The van der Waals surface area contributed by atoms with E-state index in [0.717, 1.165) is 17.7 Å². The second kappa shape index (κ2) is 2.38. The second-order valence-corrected chi connectivity index (χ2v) is 2.66. The molecule has 0 aromatic carbocycles. The van der Waals surface area contributed by atoms with E-state index in [0.29, 0.717) is 6.42 Å². The third-order valence-corrected chi connectivity index (χ3v) is 1.89. The minimum Gasteiger partial charge on any atom is -0.387 e. The molecule has 0 fully saturated rings. The molecule has 2 aliphatic rings. The predicted octanol–water partition coefficient (Wildman–Crippen LogP) is 0.929. The van der Waals surface area contributed by atoms with Gasteiger partial charge in [0.05, 0.1) is 0 Å². The van der Waals surface area contributed by atoms with Gasteiger partial charge in [0.25, 0.3) is 0 Å². The first-order valence-corrected chi connectivity index (χ1v) is 3.72. The zero-order valence-corrected chi connectivity index (χ0v) is 6.13. The number of carbonyl (C=O) groups excluding carboxylic acids is 1. The molecule has 0 radical (unpaired) electrons. The van der Waals surface area contributed by atoms with Crippen LogP contribution in [0.3, 0.4) is 0 Å². The summed E-state index contributed by atoms with van der Waals surface area (Å²) in [4.78, 5) is 11.2. The number of allylic oxidation sites excluding steroid dienone is 4. The van der Waals surface area contributed by atoms with Crippen LogP contribution in [0.15, 0.2) is 35.6 Å². The van der Waals surface area contributed by atoms with E-state index in [1.54, 1.807) is 0 Å². The molecule has 0 saturated carbocycles. The molecule has 2 rings (SSSR count). The third kappa shape index (κ3) is 1.00. The van der Waals surface area contributed by atoms with E-state index in [9.17, 15) is 4.79 Å². The number of rotatable bonds is 0. The molecular weight excluding hydrogens is 138 g/mol. The maximum Gasteiger partial charge on any atom is 0.167 e. The molecule has 0 atom stereocenters. The van der Waals surface area contributed by atoms with Gasteiger partial charge in [0.1, 0.15) is 0 Å². The normalized spacial score (nSPS) is 21.6. The molecule has 0 amide bonds. The molecule has 1 aliphatic carbocycles. The summed E-state index contributed by atoms with van der Waals surface area (Å²) in [6, 6.07) is 0. The van der Waals surface area contributed by atoms with Gasteiger partial charge in [-0.05, 0) is 0 Å². The summed E-state index contributed by atoms with van der Waals surface area (Å²) in [6.45, 7) is 0.776. The number of ketones is 1. The summed E-state index contributed by atoms with van der Waals surface area (Å²) in [6.07, 6.45) is 8.28. The lowest BCUT2D eigenvalue weighted by molar-refractivity contribution is -0.114. The summed E-state index contributed by atoms with van der Waals surface area (Å²) < 4.78 is 0. The minimum atomic E-state index is 0.236. The first kappa shape index (κ1) is 6.40. The molecule has 1 aliphatic heterocycles. The Morgan fingerprint density at radius 2 is 2.36 bits per heavy atom. The molecular formula is C9H9NO. The summed E-state index contributed by atoms with van der Waals surface area (Å²) in [7, 11) is 0. The van der Waals surface area contributed by atoms with Crippen molar-refractivity contribution in [3.63, 3.8) is 0 Å². The van der Waals surface area contributed by atoms with Gasteiger partial charge in [-0.3, -0.25) is 4.79 Å². The molecule has 1 N–H and O–H groups in total. The quantitative estimate of drug-likeness (QED) is 0.552. The van der Waals surface area contributed by atoms with Crippen molar-refractivity contribution in [2.24, 2.45) is 0 Å². The smallest absolute Gasteiger partial charge is 0.167 e. The van der Waals surface area contributed by atoms with Crippen LogP contribution in [-0.4, -0.2) is 12.3 Å². The molecule has 0 saturated heterocycles. The van der Waals surface area contributed by atoms with Crippen molar-refractivity contribution in [2.45, 2.75) is 6.42 Å². The van der Waals surface area contributed by atoms with Gasteiger partial charge < -0.3 is 5.32 Å². The Kier molecular flexibility index (Phi) is 1.39. The lowest BCUT2D eigenvalue weighted by atomic mass is 9.93. The molecule has 0 bridgehead atoms. The molecule has 11 heavy (non-hydrogen) atoms. The van der Waals surface area contributed by atoms with E-state index in [-0.39, 0.29) is 5.78 Å². The molecule has 2 nitrogen and oxygen atoms in total. The van der Waals surface area contributed by atoms with E-state index in [2.05, 4.69) is 5.32 Å². The monoisotopic (exact) mass is 147 g/mol. The SMILES string of the molecule is O=C1CC=CC2=CNCC=C12. The first-order chi connectivity index (χ1) is 5.38. The van der Waals surface area contributed by atoms with E-state index in [1.165, 1.54) is 0 Å². The van der Waals surface area contributed by atoms with Crippen LogP contribution in [0, 0.1) is 0 Å². The van der Waals surface area contributed by atoms with Crippen molar-refractivity contribution in [3.8, 4) is 0 Å². The second-order valence-electron chi connectivity index (χ2n) is 2.66. The van der Waals surface area contributed by atoms with Crippen molar-refractivity contribution in [1.82, 2.24) is 5.32 Å². The molecule has 1 heterocycles. The van der Waals surface area contributed by atoms with Crippen molar-refractivity contribution in [3.05, 3.63) is 35.6 Å². The zero-order valence-electron chi connectivity index (χ0n) is 6.13. The van der Waals surface area contributed by atoms with Gasteiger partial charge in [0.2, 0.25) is 0 Å². The van der Waals surface area contributed by atoms with E-state index in [1.807, 2.05) is 24.4 Å². The minimum absolute atomic E-state index is 0.236. The number of fused-ring (bicyclic) bond motifs is 1. The lowest BCUT2D eigenvalue weighted by Crippen LogP contribution is -2.18. The highest BCUT2D eigenvalue weighted by molar-refractivity contribution is 6.02. The summed E-state index contributed by atoms with van der Waals surface area (Å²) >= 11 is 0. The standard InChI is InChI=1S/C9H9NO/c11-9-3-1-2-7-6-10-5-4-8(7)9/h1-2,4,6,10H,3,5H2. The number of hydrogen-bond acceptors (Lipinski definition) is 2. The Balaban J connectivity index is 2.44. The van der Waals surface area contributed by atoms with Crippen LogP contribution in [-0.2, 0) is 4.79 Å². The number of dihydropyridines is 1. The van der Waals surface area contributed by atoms with Crippen LogP contribution < -0.4 is 5.32 Å². The third-order valence-electron chi connectivity index (χ3n) is 1.89. The number of nitrogens with one attached hydrogen (secondary N) is 1. The topological polar surface area (TPSA) is 29.1 Å². The Bertz CT molecular complexity index is 284. The lowest BCUT2D eigenvalue weighted by Gasteiger charge is -2.15. The number of Topliss-reactive ketones (excluding diaryl/α,β-unsaturated/α-hetero) is 1. The highest BCUT2D eigenvalue weighted by Crippen LogP contribution is 2.20. The van der Waals surface area contributed by atoms with Gasteiger partial charge >= 0.3 is 0 Å². The van der Waals surface area contributed by atoms with Gasteiger partial charge in [0, 0.05) is 30.3 Å². The summed E-state index contributed by atoms with van der Waals surface area (Å²) in [5.41, 5.74) is 1.90. The van der Waals surface area contributed by atoms with Crippen LogP contribution in [0.5, 0.6) is 0 Å². The Morgan fingerprint density at radius 1 is 1.45 bits per heavy atom. The fraction of sp³-hybridized carbons (Fsp3) is 0.222. The Morgan fingerprint density at radius 3 is 3.18 bits per heavy atom. The predicted molar refractivity (Wildman–Crippen MR) is 42.9 cm³/mol. The number of carbonyl (C=O) groups is 1. The highest BCUT2D eigenvalue weighted by Gasteiger charge is 2.16. The largest absolute Gasteiger partial charge is 0.387 e. The van der Waals surface area contributed by atoms with Crippen LogP contribution in [0.1, 0.15) is 6.42 Å². The van der Waals surface area contributed by atoms with Crippen molar-refractivity contribution in [1.29, 1.82) is 0 Å². The van der Waals surface area contributed by atoms with Crippen LogP contribution in [0.25, 0.3) is 0 Å². The summed E-state index contributed by atoms with van der Waals surface area (Å²) in [5.74, 6) is 0.236. The van der Waals surface area contributed by atoms with Crippen LogP contribution >= 0.6 is 0 Å². The van der Waals surface area contributed by atoms with Crippen LogP contribution in [0.2, 0.25) is 0 Å². The average Bonchev–Trinajstić information content (AvgIpc) is 2.06.